The van der Waals surface area contributed by atoms with Crippen LogP contribution in [0.15, 0.2) is 42.5 Å². The van der Waals surface area contributed by atoms with E-state index in [1.807, 2.05) is 24.3 Å². The molecule has 20 heavy (non-hydrogen) atoms. The van der Waals surface area contributed by atoms with Crippen molar-refractivity contribution in [3.05, 3.63) is 52.8 Å². The number of rotatable bonds is 2. The summed E-state index contributed by atoms with van der Waals surface area (Å²) in [6.45, 7) is 0. The van der Waals surface area contributed by atoms with Crippen molar-refractivity contribution >= 4 is 12.2 Å². The first-order chi connectivity index (χ1) is 9.75. The summed E-state index contributed by atoms with van der Waals surface area (Å²) in [7, 11) is 0. The Morgan fingerprint density at radius 3 is 2.35 bits per heavy atom. The summed E-state index contributed by atoms with van der Waals surface area (Å²) in [5.41, 5.74) is 3.22. The molecule has 2 nitrogen and oxygen atoms in total. The van der Waals surface area contributed by atoms with Gasteiger partial charge < -0.3 is 5.21 Å². The lowest BCUT2D eigenvalue weighted by Gasteiger charge is -2.23. The Kier molecular flexibility index (Phi) is 3.88. The smallest absolute Gasteiger partial charge is 0.143 e. The molecule has 0 radical (unpaired) electrons. The average molecular weight is 285 g/mol. The highest BCUT2D eigenvalue weighted by atomic mass is 32.1. The predicted molar refractivity (Wildman–Crippen MR) is 83.7 cm³/mol. The molecule has 1 heterocycles. The van der Waals surface area contributed by atoms with Crippen molar-refractivity contribution in [2.75, 3.05) is 0 Å². The number of hydrogen-bond donors (Lipinski definition) is 1. The second kappa shape index (κ2) is 5.80. The van der Waals surface area contributed by atoms with Crippen LogP contribution in [0.1, 0.15) is 43.7 Å². The lowest BCUT2D eigenvalue weighted by Crippen LogP contribution is -2.12. The standard InChI is InChI=1S/C17H19NOS/c19-18-16(14-9-5-2-6-10-14)11-15(12-17(18)20)13-7-3-1-4-8-13/h1,3-4,7-8,11-12,14,19H,2,5-6,9-10H2. The fraction of sp³-hybridized carbons (Fsp3) is 0.353. The summed E-state index contributed by atoms with van der Waals surface area (Å²) in [5, 5.41) is 10.2. The van der Waals surface area contributed by atoms with E-state index in [-0.39, 0.29) is 0 Å². The minimum Gasteiger partial charge on any atom is -0.427 e. The molecule has 1 aromatic carbocycles. The zero-order chi connectivity index (χ0) is 13.9. The van der Waals surface area contributed by atoms with Gasteiger partial charge >= 0.3 is 0 Å². The minimum atomic E-state index is 0.430. The molecule has 0 spiro atoms. The number of nitrogens with zero attached hydrogens (tertiary/aromatic N) is 1. The quantitative estimate of drug-likeness (QED) is 0.608. The van der Waals surface area contributed by atoms with Crippen molar-refractivity contribution in [1.29, 1.82) is 0 Å². The molecule has 1 saturated carbocycles. The Balaban J connectivity index is 2.06. The molecular formula is C17H19NOS. The fourth-order valence-electron chi connectivity index (χ4n) is 3.07. The summed E-state index contributed by atoms with van der Waals surface area (Å²) in [4.78, 5) is 0. The van der Waals surface area contributed by atoms with Gasteiger partial charge in [-0.2, -0.15) is 4.73 Å². The van der Waals surface area contributed by atoms with Gasteiger partial charge in [0.25, 0.3) is 0 Å². The van der Waals surface area contributed by atoms with Gasteiger partial charge in [0.1, 0.15) is 4.64 Å². The molecule has 0 unspecified atom stereocenters. The summed E-state index contributed by atoms with van der Waals surface area (Å²) >= 11 is 5.31. The largest absolute Gasteiger partial charge is 0.427 e. The summed E-state index contributed by atoms with van der Waals surface area (Å²) in [6, 6.07) is 14.2. The van der Waals surface area contributed by atoms with E-state index < -0.39 is 0 Å². The number of pyridine rings is 1. The van der Waals surface area contributed by atoms with Gasteiger partial charge in [0, 0.05) is 5.92 Å². The van der Waals surface area contributed by atoms with Gasteiger partial charge in [-0.15, -0.1) is 0 Å². The van der Waals surface area contributed by atoms with Crippen LogP contribution in [0, 0.1) is 4.64 Å². The van der Waals surface area contributed by atoms with Crippen LogP contribution in [0.4, 0.5) is 0 Å². The molecule has 104 valence electrons. The van der Waals surface area contributed by atoms with Gasteiger partial charge in [0.15, 0.2) is 0 Å². The van der Waals surface area contributed by atoms with E-state index in [4.69, 9.17) is 12.2 Å². The normalized spacial score (nSPS) is 16.2. The van der Waals surface area contributed by atoms with Gasteiger partial charge in [0.2, 0.25) is 0 Å². The highest BCUT2D eigenvalue weighted by Crippen LogP contribution is 2.34. The highest BCUT2D eigenvalue weighted by Gasteiger charge is 2.19. The van der Waals surface area contributed by atoms with Gasteiger partial charge in [0.05, 0.1) is 5.69 Å². The second-order valence-corrected chi connectivity index (χ2v) is 5.94. The third kappa shape index (κ3) is 2.63. The zero-order valence-corrected chi connectivity index (χ0v) is 12.3. The van der Waals surface area contributed by atoms with Crippen molar-refractivity contribution < 1.29 is 5.21 Å². The van der Waals surface area contributed by atoms with Gasteiger partial charge in [-0.1, -0.05) is 61.8 Å². The molecule has 0 saturated heterocycles. The fourth-order valence-corrected chi connectivity index (χ4v) is 3.30. The topological polar surface area (TPSA) is 25.2 Å². The van der Waals surface area contributed by atoms with E-state index in [1.165, 1.54) is 24.0 Å². The summed E-state index contributed by atoms with van der Waals surface area (Å²) in [5.74, 6) is 0.430. The Bertz CT molecular complexity index is 642. The van der Waals surface area contributed by atoms with E-state index in [0.717, 1.165) is 29.7 Å². The molecule has 0 aliphatic heterocycles. The van der Waals surface area contributed by atoms with E-state index in [2.05, 4.69) is 18.2 Å². The van der Waals surface area contributed by atoms with Gasteiger partial charge in [-0.25, -0.2) is 0 Å². The molecule has 0 amide bonds. The Morgan fingerprint density at radius 1 is 0.950 bits per heavy atom. The molecule has 1 N–H and O–H groups in total. The highest BCUT2D eigenvalue weighted by molar-refractivity contribution is 7.71. The maximum atomic E-state index is 10.2. The van der Waals surface area contributed by atoms with Crippen LogP contribution in [0.2, 0.25) is 0 Å². The molecule has 3 heteroatoms. The SMILES string of the molecule is On1c(C2CCCCC2)cc(-c2ccccc2)cc1=S. The Labute approximate surface area is 124 Å². The van der Waals surface area contributed by atoms with E-state index in [9.17, 15) is 5.21 Å². The maximum Gasteiger partial charge on any atom is 0.143 e. The molecule has 1 aliphatic carbocycles. The monoisotopic (exact) mass is 285 g/mol. The van der Waals surface area contributed by atoms with Crippen LogP contribution in [-0.4, -0.2) is 9.94 Å². The van der Waals surface area contributed by atoms with E-state index >= 15 is 0 Å². The third-order valence-electron chi connectivity index (χ3n) is 4.17. The lowest BCUT2D eigenvalue weighted by atomic mass is 9.86. The molecule has 1 fully saturated rings. The van der Waals surface area contributed by atoms with Crippen LogP contribution >= 0.6 is 12.2 Å². The van der Waals surface area contributed by atoms with Crippen molar-refractivity contribution in [1.82, 2.24) is 4.73 Å². The third-order valence-corrected chi connectivity index (χ3v) is 4.46. The van der Waals surface area contributed by atoms with Crippen LogP contribution in [0.3, 0.4) is 0 Å². The summed E-state index contributed by atoms with van der Waals surface area (Å²) < 4.78 is 1.70. The molecular weight excluding hydrogens is 266 g/mol. The first-order valence-electron chi connectivity index (χ1n) is 7.27. The average Bonchev–Trinajstić information content (AvgIpc) is 2.51. The van der Waals surface area contributed by atoms with Crippen LogP contribution in [-0.2, 0) is 0 Å². The Hall–Kier alpha value is -1.61. The number of benzene rings is 1. The molecule has 2 aromatic rings. The Morgan fingerprint density at radius 2 is 1.65 bits per heavy atom. The maximum absolute atomic E-state index is 10.2. The molecule has 1 aliphatic rings. The molecule has 3 rings (SSSR count). The summed E-state index contributed by atoms with van der Waals surface area (Å²) in [6.07, 6.45) is 6.09. The lowest BCUT2D eigenvalue weighted by molar-refractivity contribution is 0.162. The predicted octanol–water partition coefficient (Wildman–Crippen LogP) is 5.17. The van der Waals surface area contributed by atoms with Crippen molar-refractivity contribution in [3.8, 4) is 11.1 Å². The van der Waals surface area contributed by atoms with Crippen molar-refractivity contribution in [2.45, 2.75) is 38.0 Å². The van der Waals surface area contributed by atoms with Crippen LogP contribution in [0.5, 0.6) is 0 Å². The van der Waals surface area contributed by atoms with Crippen molar-refractivity contribution in [3.63, 3.8) is 0 Å². The molecule has 0 atom stereocenters. The van der Waals surface area contributed by atoms with Crippen molar-refractivity contribution in [2.24, 2.45) is 0 Å². The zero-order valence-electron chi connectivity index (χ0n) is 11.5. The first-order valence-corrected chi connectivity index (χ1v) is 7.68. The van der Waals surface area contributed by atoms with E-state index in [1.54, 1.807) is 0 Å². The van der Waals surface area contributed by atoms with E-state index in [0.29, 0.717) is 10.6 Å². The second-order valence-electron chi connectivity index (χ2n) is 5.52. The van der Waals surface area contributed by atoms with Gasteiger partial charge in [-0.3, -0.25) is 0 Å². The number of hydrogen-bond acceptors (Lipinski definition) is 2. The van der Waals surface area contributed by atoms with Gasteiger partial charge in [-0.05, 0) is 36.1 Å². The van der Waals surface area contributed by atoms with Crippen LogP contribution < -0.4 is 0 Å². The first kappa shape index (κ1) is 13.4. The molecule has 0 bridgehead atoms. The molecule has 1 aromatic heterocycles. The number of aromatic nitrogens is 1. The minimum absolute atomic E-state index is 0.430. The van der Waals surface area contributed by atoms with Crippen LogP contribution in [0.25, 0.3) is 11.1 Å².